The molecule has 0 atom stereocenters. The summed E-state index contributed by atoms with van der Waals surface area (Å²) in [7, 11) is 0. The lowest BCUT2D eigenvalue weighted by atomic mass is 9.32. The average molecular weight is 861 g/mol. The highest BCUT2D eigenvalue weighted by atomic mass is 15.2. The van der Waals surface area contributed by atoms with Crippen LogP contribution in [0, 0.1) is 13.8 Å². The van der Waals surface area contributed by atoms with Crippen LogP contribution < -0.4 is 26.2 Å². The number of hydrogen-bond acceptors (Lipinski definition) is 2. The molecule has 2 nitrogen and oxygen atoms in total. The van der Waals surface area contributed by atoms with E-state index in [1.165, 1.54) is 143 Å². The van der Waals surface area contributed by atoms with Crippen molar-refractivity contribution in [2.45, 2.75) is 136 Å². The first-order valence-electron chi connectivity index (χ1n) is 24.8. The fourth-order valence-corrected chi connectivity index (χ4v) is 13.4. The van der Waals surface area contributed by atoms with E-state index in [2.05, 4.69) is 220 Å². The quantitative estimate of drug-likeness (QED) is 0.163. The van der Waals surface area contributed by atoms with Gasteiger partial charge in [0.2, 0.25) is 0 Å². The zero-order chi connectivity index (χ0) is 46.0. The van der Waals surface area contributed by atoms with Crippen LogP contribution in [0.1, 0.15) is 139 Å². The Labute approximate surface area is 395 Å². The molecule has 0 radical (unpaired) electrons. The maximum atomic E-state index is 2.73. The van der Waals surface area contributed by atoms with Gasteiger partial charge in [0.25, 0.3) is 6.71 Å². The molecule has 0 amide bonds. The fraction of sp³-hybridized carbons (Fsp3) is 0.333. The molecular weight excluding hydrogens is 796 g/mol. The van der Waals surface area contributed by atoms with Crippen LogP contribution in [0.25, 0.3) is 22.3 Å². The van der Waals surface area contributed by atoms with Crippen LogP contribution in [0.5, 0.6) is 0 Å². The number of nitrogens with zero attached hydrogens (tertiary/aromatic N) is 2. The summed E-state index contributed by atoms with van der Waals surface area (Å²) in [6.45, 7) is 29.5. The molecule has 0 saturated carbocycles. The number of rotatable bonds is 3. The summed E-state index contributed by atoms with van der Waals surface area (Å²) in [6.07, 6.45) is 4.70. The van der Waals surface area contributed by atoms with E-state index in [1.54, 1.807) is 0 Å². The summed E-state index contributed by atoms with van der Waals surface area (Å²) in [6, 6.07) is 50.2. The molecule has 0 bridgehead atoms. The van der Waals surface area contributed by atoms with Gasteiger partial charge in [0, 0.05) is 39.4 Å². The predicted octanol–water partition coefficient (Wildman–Crippen LogP) is 15.1. The Balaban J connectivity index is 1.24. The summed E-state index contributed by atoms with van der Waals surface area (Å²) >= 11 is 0. The predicted molar refractivity (Wildman–Crippen MR) is 284 cm³/mol. The van der Waals surface area contributed by atoms with E-state index in [1.807, 2.05) is 0 Å². The Morgan fingerprint density at radius 2 is 0.894 bits per heavy atom. The van der Waals surface area contributed by atoms with Gasteiger partial charge in [-0.25, -0.2) is 0 Å². The molecule has 3 aliphatic carbocycles. The summed E-state index contributed by atoms with van der Waals surface area (Å²) in [5, 5.41) is 0. The van der Waals surface area contributed by atoms with Crippen molar-refractivity contribution in [3.8, 4) is 22.3 Å². The van der Waals surface area contributed by atoms with Crippen LogP contribution in [-0.4, -0.2) is 6.71 Å². The highest BCUT2D eigenvalue weighted by Crippen LogP contribution is 2.57. The van der Waals surface area contributed by atoms with Gasteiger partial charge < -0.3 is 9.80 Å². The van der Waals surface area contributed by atoms with Gasteiger partial charge in [0.05, 0.1) is 5.69 Å². The summed E-state index contributed by atoms with van der Waals surface area (Å²) < 4.78 is 0. The lowest BCUT2D eigenvalue weighted by Gasteiger charge is -2.49. The average Bonchev–Trinajstić information content (AvgIpc) is 3.52. The van der Waals surface area contributed by atoms with Crippen molar-refractivity contribution in [1.29, 1.82) is 0 Å². The molecule has 2 heterocycles. The number of aryl methyl sites for hydroxylation is 2. The molecule has 0 fully saturated rings. The summed E-state index contributed by atoms with van der Waals surface area (Å²) in [5.41, 5.74) is 28.8. The highest BCUT2D eigenvalue weighted by molar-refractivity contribution is 7.00. The minimum atomic E-state index is -0.117. The van der Waals surface area contributed by atoms with Crippen molar-refractivity contribution in [3.05, 3.63) is 172 Å². The molecule has 66 heavy (non-hydrogen) atoms. The molecule has 0 N–H and O–H groups in total. The molecular formula is C63H65BN2. The van der Waals surface area contributed by atoms with Crippen LogP contribution in [0.3, 0.4) is 0 Å². The number of benzene rings is 7. The first-order valence-corrected chi connectivity index (χ1v) is 24.8. The van der Waals surface area contributed by atoms with Gasteiger partial charge in [-0.15, -0.1) is 0 Å². The monoisotopic (exact) mass is 861 g/mol. The first-order chi connectivity index (χ1) is 31.3. The van der Waals surface area contributed by atoms with E-state index in [0.29, 0.717) is 0 Å². The normalized spacial score (nSPS) is 19.2. The zero-order valence-electron chi connectivity index (χ0n) is 41.4. The zero-order valence-corrected chi connectivity index (χ0v) is 41.4. The van der Waals surface area contributed by atoms with Crippen LogP contribution in [-0.2, 0) is 27.1 Å². The van der Waals surface area contributed by atoms with E-state index in [-0.39, 0.29) is 33.8 Å². The van der Waals surface area contributed by atoms with E-state index in [4.69, 9.17) is 0 Å². The van der Waals surface area contributed by atoms with Crippen molar-refractivity contribution in [1.82, 2.24) is 0 Å². The third kappa shape index (κ3) is 5.74. The summed E-state index contributed by atoms with van der Waals surface area (Å²) in [4.78, 5) is 5.42. The van der Waals surface area contributed by atoms with E-state index in [9.17, 15) is 0 Å². The van der Waals surface area contributed by atoms with Crippen molar-refractivity contribution in [2.24, 2.45) is 0 Å². The maximum Gasteiger partial charge on any atom is 0.252 e. The first kappa shape index (κ1) is 41.6. The van der Waals surface area contributed by atoms with Gasteiger partial charge in [0.1, 0.15) is 0 Å². The van der Waals surface area contributed by atoms with Crippen molar-refractivity contribution < 1.29 is 0 Å². The minimum absolute atomic E-state index is 0.0449. The van der Waals surface area contributed by atoms with E-state index < -0.39 is 0 Å². The second-order valence-electron chi connectivity index (χ2n) is 24.0. The second kappa shape index (κ2) is 13.7. The molecule has 2 aliphatic heterocycles. The second-order valence-corrected chi connectivity index (χ2v) is 24.0. The Hall–Kier alpha value is -5.80. The van der Waals surface area contributed by atoms with Crippen LogP contribution >= 0.6 is 0 Å². The highest BCUT2D eigenvalue weighted by Gasteiger charge is 2.49. The Morgan fingerprint density at radius 3 is 1.47 bits per heavy atom. The van der Waals surface area contributed by atoms with Crippen LogP contribution in [0.4, 0.5) is 34.1 Å². The standard InChI is InChI=1S/C63H65BN2/c1-38-31-55-58-56(32-38)66(52-33-41(26-25-39(52)2)40-19-14-13-15-20-40)54-37-48-46(60(5,6)28-30-62(48,9)10)35-50(54)64(58)49-34-45-47(61(7,8)29-27-59(45,3)4)36-53(49)65(55)51-24-18-23-44-57(51)42-21-16-17-22-43(42)63(44,11)12/h13-26,31-37H,27-30H2,1-12H3. The number of hydrogen-bond donors (Lipinski definition) is 0. The molecule has 0 unspecified atom stereocenters. The molecule has 0 spiro atoms. The Bertz CT molecular complexity index is 3220. The largest absolute Gasteiger partial charge is 0.311 e. The van der Waals surface area contributed by atoms with Gasteiger partial charge >= 0.3 is 0 Å². The topological polar surface area (TPSA) is 6.48 Å². The molecule has 330 valence electrons. The molecule has 12 rings (SSSR count). The number of anilines is 6. The van der Waals surface area contributed by atoms with Gasteiger partial charge in [0.15, 0.2) is 0 Å². The molecule has 3 heteroatoms. The Kier molecular flexibility index (Phi) is 8.61. The van der Waals surface area contributed by atoms with Gasteiger partial charge in [-0.2, -0.15) is 0 Å². The summed E-state index contributed by atoms with van der Waals surface area (Å²) in [5.74, 6) is 0. The smallest absolute Gasteiger partial charge is 0.252 e. The molecule has 7 aromatic carbocycles. The van der Waals surface area contributed by atoms with Crippen LogP contribution in [0.2, 0.25) is 0 Å². The minimum Gasteiger partial charge on any atom is -0.311 e. The van der Waals surface area contributed by atoms with E-state index >= 15 is 0 Å². The molecule has 0 aromatic heterocycles. The molecule has 7 aromatic rings. The van der Waals surface area contributed by atoms with Gasteiger partial charge in [-0.3, -0.25) is 0 Å². The Morgan fingerprint density at radius 1 is 0.394 bits per heavy atom. The third-order valence-electron chi connectivity index (χ3n) is 17.5. The maximum absolute atomic E-state index is 2.73. The SMILES string of the molecule is Cc1cc2c3c(c1)N(c1cccc4c1-c1ccccc1C4(C)C)c1cc4c(cc1B3c1cc3c(cc1N2c1cc(-c2ccccc2)ccc1C)C(C)(C)CCC3(C)C)C(C)(C)CCC4(C)C. The number of fused-ring (bicyclic) bond motifs is 9. The third-order valence-corrected chi connectivity index (χ3v) is 17.5. The van der Waals surface area contributed by atoms with Gasteiger partial charge in [-0.1, -0.05) is 160 Å². The van der Waals surface area contributed by atoms with Crippen molar-refractivity contribution in [2.75, 3.05) is 9.80 Å². The molecule has 0 saturated heterocycles. The lowest BCUT2D eigenvalue weighted by molar-refractivity contribution is 0.332. The molecule has 5 aliphatic rings. The van der Waals surface area contributed by atoms with Crippen molar-refractivity contribution in [3.63, 3.8) is 0 Å². The van der Waals surface area contributed by atoms with Crippen molar-refractivity contribution >= 4 is 57.2 Å². The fourth-order valence-electron chi connectivity index (χ4n) is 13.4. The van der Waals surface area contributed by atoms with E-state index in [0.717, 1.165) is 0 Å². The van der Waals surface area contributed by atoms with Gasteiger partial charge in [-0.05, 0) is 175 Å². The lowest BCUT2D eigenvalue weighted by Crippen LogP contribution is -2.62. The van der Waals surface area contributed by atoms with Crippen LogP contribution in [0.15, 0.2) is 127 Å².